The van der Waals surface area contributed by atoms with Crippen molar-refractivity contribution >= 4 is 32.9 Å². The molecule has 0 nitrogen and oxygen atoms in total. The Morgan fingerprint density at radius 3 is 3.06 bits per heavy atom. The molecule has 1 aromatic heterocycles. The van der Waals surface area contributed by atoms with Crippen LogP contribution in [0, 0.1) is 12.3 Å². The van der Waals surface area contributed by atoms with Crippen LogP contribution in [0.15, 0.2) is 41.3 Å². The minimum absolute atomic E-state index is 0.900. The van der Waals surface area contributed by atoms with Crippen LogP contribution in [0.2, 0.25) is 0 Å². The molecule has 0 bridgehead atoms. The van der Waals surface area contributed by atoms with Crippen molar-refractivity contribution in [3.8, 4) is 12.3 Å². The van der Waals surface area contributed by atoms with Gasteiger partial charge in [0.2, 0.25) is 0 Å². The van der Waals surface area contributed by atoms with E-state index in [4.69, 9.17) is 6.42 Å². The molecule has 1 rings (SSSR count). The van der Waals surface area contributed by atoms with Gasteiger partial charge in [-0.3, -0.25) is 0 Å². The number of allylic oxidation sites excluding steroid dienone is 3. The Hall–Kier alpha value is -0.560. The van der Waals surface area contributed by atoms with Crippen molar-refractivity contribution in [2.75, 3.05) is 5.75 Å². The summed E-state index contributed by atoms with van der Waals surface area (Å²) < 4.78 is 0. The fourth-order valence-electron chi connectivity index (χ4n) is 0.950. The van der Waals surface area contributed by atoms with E-state index in [0.717, 1.165) is 17.1 Å². The third-order valence-electron chi connectivity index (χ3n) is 1.75. The van der Waals surface area contributed by atoms with Gasteiger partial charge in [-0.1, -0.05) is 51.8 Å². The zero-order valence-corrected chi connectivity index (χ0v) is 11.6. The maximum atomic E-state index is 5.42. The van der Waals surface area contributed by atoms with Gasteiger partial charge in [-0.25, -0.2) is 0 Å². The molecule has 0 unspecified atom stereocenters. The molecule has 0 spiro atoms. The minimum Gasteiger partial charge on any atom is -0.148 e. The Balaban J connectivity index is 2.22. The fourth-order valence-corrected chi connectivity index (χ4v) is 4.06. The summed E-state index contributed by atoms with van der Waals surface area (Å²) in [6.45, 7) is 1.99. The molecule has 0 amide bonds. The number of hydrogen-bond donors (Lipinski definition) is 0. The summed E-state index contributed by atoms with van der Waals surface area (Å²) >= 11 is 1.80. The third-order valence-corrected chi connectivity index (χ3v) is 5.04. The number of terminal acetylenes is 1. The van der Waals surface area contributed by atoms with Gasteiger partial charge in [0.05, 0.1) is 0 Å². The van der Waals surface area contributed by atoms with Gasteiger partial charge in [0.25, 0.3) is 0 Å². The molecule has 0 atom stereocenters. The minimum atomic E-state index is 0.900. The highest BCUT2D eigenvalue weighted by Crippen LogP contribution is 2.29. The average Bonchev–Trinajstić information content (AvgIpc) is 2.81. The predicted molar refractivity (Wildman–Crippen MR) is 79.8 cm³/mol. The maximum absolute atomic E-state index is 5.42. The largest absolute Gasteiger partial charge is 0.148 e. The number of thiophene rings is 1. The Kier molecular flexibility index (Phi) is 7.24. The normalized spacial score (nSPS) is 11.9. The quantitative estimate of drug-likeness (QED) is 0.315. The summed E-state index contributed by atoms with van der Waals surface area (Å²) in [5, 5.41) is 2.11. The van der Waals surface area contributed by atoms with E-state index in [1.165, 1.54) is 4.88 Å². The highest BCUT2D eigenvalue weighted by molar-refractivity contribution is 8.76. The Morgan fingerprint density at radius 1 is 1.56 bits per heavy atom. The Morgan fingerprint density at radius 2 is 2.44 bits per heavy atom. The molecule has 0 aromatic carbocycles. The molecule has 84 valence electrons. The highest BCUT2D eigenvalue weighted by Gasteiger charge is 1.96. The molecule has 0 saturated carbocycles. The summed E-state index contributed by atoms with van der Waals surface area (Å²) in [5.41, 5.74) is 1.04. The second-order valence-electron chi connectivity index (χ2n) is 2.97. The lowest BCUT2D eigenvalue weighted by atomic mass is 10.3. The van der Waals surface area contributed by atoms with Crippen LogP contribution in [-0.4, -0.2) is 5.75 Å². The molecule has 1 heterocycles. The molecule has 0 aliphatic heterocycles. The van der Waals surface area contributed by atoms with Gasteiger partial charge < -0.3 is 0 Å². The molecular weight excluding hydrogens is 252 g/mol. The van der Waals surface area contributed by atoms with Crippen molar-refractivity contribution in [1.82, 2.24) is 0 Å². The van der Waals surface area contributed by atoms with Crippen molar-refractivity contribution in [3.63, 3.8) is 0 Å². The van der Waals surface area contributed by atoms with Gasteiger partial charge in [-0.05, 0) is 18.4 Å². The van der Waals surface area contributed by atoms with Crippen LogP contribution in [0.3, 0.4) is 0 Å². The van der Waals surface area contributed by atoms with Crippen LogP contribution in [0.5, 0.6) is 0 Å². The Bertz CT molecular complexity index is 380. The average molecular weight is 266 g/mol. The summed E-state index contributed by atoms with van der Waals surface area (Å²) in [7, 11) is 3.67. The zero-order chi connectivity index (χ0) is 11.6. The molecule has 0 aliphatic rings. The first-order valence-corrected chi connectivity index (χ1v) is 8.29. The van der Waals surface area contributed by atoms with E-state index < -0.39 is 0 Å². The van der Waals surface area contributed by atoms with Gasteiger partial charge in [0.15, 0.2) is 0 Å². The summed E-state index contributed by atoms with van der Waals surface area (Å²) in [4.78, 5) is 1.41. The monoisotopic (exact) mass is 266 g/mol. The molecule has 16 heavy (non-hydrogen) atoms. The molecule has 0 saturated heterocycles. The molecule has 3 heteroatoms. The third kappa shape index (κ3) is 5.50. The SMILES string of the molecule is C#C/C(=C\C=C/C)CSSCc1cccs1. The number of rotatable bonds is 6. The molecule has 0 N–H and O–H groups in total. The smallest absolute Gasteiger partial charge is 0.0383 e. The van der Waals surface area contributed by atoms with Gasteiger partial charge in [-0.15, -0.1) is 17.8 Å². The highest BCUT2D eigenvalue weighted by atomic mass is 33.1. The van der Waals surface area contributed by atoms with Crippen molar-refractivity contribution in [2.45, 2.75) is 12.7 Å². The molecule has 0 fully saturated rings. The van der Waals surface area contributed by atoms with Crippen molar-refractivity contribution in [3.05, 3.63) is 46.2 Å². The fraction of sp³-hybridized carbons (Fsp3) is 0.231. The Labute approximate surface area is 110 Å². The van der Waals surface area contributed by atoms with Crippen molar-refractivity contribution < 1.29 is 0 Å². The topological polar surface area (TPSA) is 0 Å². The first kappa shape index (κ1) is 13.5. The van der Waals surface area contributed by atoms with Crippen LogP contribution < -0.4 is 0 Å². The van der Waals surface area contributed by atoms with Crippen LogP contribution in [0.1, 0.15) is 11.8 Å². The molecular formula is C13H14S3. The van der Waals surface area contributed by atoms with Crippen LogP contribution in [0.25, 0.3) is 0 Å². The first-order chi connectivity index (χ1) is 7.86. The van der Waals surface area contributed by atoms with Crippen LogP contribution in [0.4, 0.5) is 0 Å². The lowest BCUT2D eigenvalue weighted by molar-refractivity contribution is 1.56. The molecule has 0 radical (unpaired) electrons. The van der Waals surface area contributed by atoms with Crippen molar-refractivity contribution in [2.24, 2.45) is 0 Å². The first-order valence-electron chi connectivity index (χ1n) is 4.92. The standard InChI is InChI=1S/C13H14S3/c1-3-5-7-12(4-2)10-15-16-11-13-8-6-9-14-13/h2-3,5-9H,10-11H2,1H3/b5-3-,12-7+. The van der Waals surface area contributed by atoms with Crippen LogP contribution in [-0.2, 0) is 5.75 Å². The van der Waals surface area contributed by atoms with E-state index in [0.29, 0.717) is 0 Å². The predicted octanol–water partition coefficient (Wildman–Crippen LogP) is 4.77. The van der Waals surface area contributed by atoms with E-state index >= 15 is 0 Å². The van der Waals surface area contributed by atoms with E-state index in [1.807, 2.05) is 46.7 Å². The summed E-state index contributed by atoms with van der Waals surface area (Å²) in [5.74, 6) is 4.67. The second kappa shape index (κ2) is 8.58. The molecule has 0 aliphatic carbocycles. The van der Waals surface area contributed by atoms with Crippen molar-refractivity contribution in [1.29, 1.82) is 0 Å². The van der Waals surface area contributed by atoms with Gasteiger partial charge >= 0.3 is 0 Å². The van der Waals surface area contributed by atoms with E-state index in [-0.39, 0.29) is 0 Å². The lowest BCUT2D eigenvalue weighted by Gasteiger charge is -1.98. The van der Waals surface area contributed by atoms with Crippen LogP contribution >= 0.6 is 32.9 Å². The van der Waals surface area contributed by atoms with E-state index in [9.17, 15) is 0 Å². The number of hydrogen-bond acceptors (Lipinski definition) is 3. The van der Waals surface area contributed by atoms with E-state index in [2.05, 4.69) is 23.4 Å². The van der Waals surface area contributed by atoms with Gasteiger partial charge in [-0.2, -0.15) is 0 Å². The van der Waals surface area contributed by atoms with Gasteiger partial charge in [0.1, 0.15) is 0 Å². The summed E-state index contributed by atoms with van der Waals surface area (Å²) in [6, 6.07) is 4.25. The molecule has 1 aromatic rings. The van der Waals surface area contributed by atoms with E-state index in [1.54, 1.807) is 11.3 Å². The summed E-state index contributed by atoms with van der Waals surface area (Å²) in [6.07, 6.45) is 11.4. The second-order valence-corrected chi connectivity index (χ2v) is 6.46. The van der Waals surface area contributed by atoms with Gasteiger partial charge in [0, 0.05) is 22.0 Å². The zero-order valence-electron chi connectivity index (χ0n) is 9.18. The maximum Gasteiger partial charge on any atom is 0.0383 e. The lowest BCUT2D eigenvalue weighted by Crippen LogP contribution is -1.80.